The Kier molecular flexibility index (Phi) is 3.23. The summed E-state index contributed by atoms with van der Waals surface area (Å²) in [5.74, 6) is 0.103. The van der Waals surface area contributed by atoms with E-state index >= 15 is 0 Å². The Labute approximate surface area is 102 Å². The maximum Gasteiger partial charge on any atom is 0.126 e. The SMILES string of the molecule is Cc1cc(C(O)(CN(C)C)C2CC2)ccc1F. The van der Waals surface area contributed by atoms with Crippen LogP contribution in [0.4, 0.5) is 4.39 Å². The highest BCUT2D eigenvalue weighted by Crippen LogP contribution is 2.46. The first-order chi connectivity index (χ1) is 7.93. The van der Waals surface area contributed by atoms with Gasteiger partial charge in [0.05, 0.1) is 0 Å². The lowest BCUT2D eigenvalue weighted by atomic mass is 9.87. The molecule has 0 spiro atoms. The molecule has 0 bridgehead atoms. The van der Waals surface area contributed by atoms with Gasteiger partial charge in [0.2, 0.25) is 0 Å². The van der Waals surface area contributed by atoms with Crippen molar-refractivity contribution in [2.24, 2.45) is 5.92 Å². The number of halogens is 1. The third kappa shape index (κ3) is 2.50. The Balaban J connectivity index is 2.34. The molecule has 1 aliphatic rings. The lowest BCUT2D eigenvalue weighted by Gasteiger charge is -2.32. The maximum absolute atomic E-state index is 13.3. The third-order valence-electron chi connectivity index (χ3n) is 3.47. The van der Waals surface area contributed by atoms with Crippen molar-refractivity contribution in [1.82, 2.24) is 4.90 Å². The van der Waals surface area contributed by atoms with Gasteiger partial charge in [-0.2, -0.15) is 0 Å². The van der Waals surface area contributed by atoms with Crippen molar-refractivity contribution >= 4 is 0 Å². The van der Waals surface area contributed by atoms with E-state index in [4.69, 9.17) is 0 Å². The summed E-state index contributed by atoms with van der Waals surface area (Å²) in [5, 5.41) is 10.8. The van der Waals surface area contributed by atoms with Crippen molar-refractivity contribution < 1.29 is 9.50 Å². The van der Waals surface area contributed by atoms with Gasteiger partial charge in [-0.3, -0.25) is 0 Å². The first-order valence-corrected chi connectivity index (χ1v) is 6.07. The predicted octanol–water partition coefficient (Wildman–Crippen LogP) is 2.29. The van der Waals surface area contributed by atoms with Crippen LogP contribution >= 0.6 is 0 Å². The molecule has 0 amide bonds. The third-order valence-corrected chi connectivity index (χ3v) is 3.47. The summed E-state index contributed by atoms with van der Waals surface area (Å²) < 4.78 is 13.3. The zero-order valence-electron chi connectivity index (χ0n) is 10.7. The average Bonchev–Trinajstić information content (AvgIpc) is 3.04. The van der Waals surface area contributed by atoms with E-state index in [-0.39, 0.29) is 5.82 Å². The van der Waals surface area contributed by atoms with Crippen LogP contribution in [0.5, 0.6) is 0 Å². The number of benzene rings is 1. The van der Waals surface area contributed by atoms with Gasteiger partial charge in [0, 0.05) is 6.54 Å². The van der Waals surface area contributed by atoms with Gasteiger partial charge in [-0.15, -0.1) is 0 Å². The standard InChI is InChI=1S/C14H20FNO/c1-10-8-12(6-7-13(10)15)14(17,9-16(2)3)11-4-5-11/h6-8,11,17H,4-5,9H2,1-3H3. The van der Waals surface area contributed by atoms with Gasteiger partial charge in [-0.1, -0.05) is 12.1 Å². The number of hydrogen-bond donors (Lipinski definition) is 1. The summed E-state index contributed by atoms with van der Waals surface area (Å²) in [5.41, 5.74) is 0.607. The van der Waals surface area contributed by atoms with Crippen molar-refractivity contribution in [3.8, 4) is 0 Å². The normalized spacial score (nSPS) is 19.4. The molecule has 1 atom stereocenters. The van der Waals surface area contributed by atoms with Crippen LogP contribution in [0.2, 0.25) is 0 Å². The Hall–Kier alpha value is -0.930. The van der Waals surface area contributed by atoms with E-state index in [1.165, 1.54) is 6.07 Å². The minimum absolute atomic E-state index is 0.211. The van der Waals surface area contributed by atoms with E-state index in [1.807, 2.05) is 19.0 Å². The quantitative estimate of drug-likeness (QED) is 0.868. The maximum atomic E-state index is 13.3. The lowest BCUT2D eigenvalue weighted by Crippen LogP contribution is -2.39. The molecule has 0 radical (unpaired) electrons. The Morgan fingerprint density at radius 2 is 2.06 bits per heavy atom. The summed E-state index contributed by atoms with van der Waals surface area (Å²) in [6.07, 6.45) is 2.11. The highest BCUT2D eigenvalue weighted by molar-refractivity contribution is 5.30. The minimum atomic E-state index is -0.831. The van der Waals surface area contributed by atoms with E-state index in [2.05, 4.69) is 0 Å². The van der Waals surface area contributed by atoms with Crippen LogP contribution in [0.3, 0.4) is 0 Å². The average molecular weight is 237 g/mol. The molecule has 17 heavy (non-hydrogen) atoms. The summed E-state index contributed by atoms with van der Waals surface area (Å²) >= 11 is 0. The van der Waals surface area contributed by atoms with E-state index in [9.17, 15) is 9.50 Å². The molecular weight excluding hydrogens is 217 g/mol. The van der Waals surface area contributed by atoms with E-state index < -0.39 is 5.60 Å². The van der Waals surface area contributed by atoms with Crippen LogP contribution in [0.1, 0.15) is 24.0 Å². The molecule has 1 saturated carbocycles. The van der Waals surface area contributed by atoms with E-state index in [0.29, 0.717) is 18.0 Å². The Bertz CT molecular complexity index is 415. The monoisotopic (exact) mass is 237 g/mol. The zero-order chi connectivity index (χ0) is 12.6. The number of likely N-dealkylation sites (N-methyl/N-ethyl adjacent to an activating group) is 1. The van der Waals surface area contributed by atoms with Crippen LogP contribution < -0.4 is 0 Å². The molecule has 1 unspecified atom stereocenters. The highest BCUT2D eigenvalue weighted by Gasteiger charge is 2.45. The van der Waals surface area contributed by atoms with Crippen molar-refractivity contribution in [2.75, 3.05) is 20.6 Å². The molecule has 94 valence electrons. The van der Waals surface area contributed by atoms with Gasteiger partial charge in [-0.25, -0.2) is 4.39 Å². The van der Waals surface area contributed by atoms with Crippen LogP contribution in [0, 0.1) is 18.7 Å². The van der Waals surface area contributed by atoms with E-state index in [1.54, 1.807) is 19.1 Å². The molecule has 2 rings (SSSR count). The van der Waals surface area contributed by atoms with Crippen LogP contribution in [0.25, 0.3) is 0 Å². The van der Waals surface area contributed by atoms with Gasteiger partial charge in [0.15, 0.2) is 0 Å². The lowest BCUT2D eigenvalue weighted by molar-refractivity contribution is -0.0101. The summed E-state index contributed by atoms with van der Waals surface area (Å²) in [6, 6.07) is 4.94. The van der Waals surface area contributed by atoms with E-state index in [0.717, 1.165) is 18.4 Å². The topological polar surface area (TPSA) is 23.5 Å². The molecule has 1 aromatic rings. The second-order valence-corrected chi connectivity index (χ2v) is 5.40. The minimum Gasteiger partial charge on any atom is -0.384 e. The smallest absolute Gasteiger partial charge is 0.126 e. The fraction of sp³-hybridized carbons (Fsp3) is 0.571. The second-order valence-electron chi connectivity index (χ2n) is 5.40. The van der Waals surface area contributed by atoms with Crippen LogP contribution in [-0.2, 0) is 5.60 Å². The van der Waals surface area contributed by atoms with Crippen LogP contribution in [0.15, 0.2) is 18.2 Å². The van der Waals surface area contributed by atoms with Gasteiger partial charge >= 0.3 is 0 Å². The van der Waals surface area contributed by atoms with Crippen molar-refractivity contribution in [3.05, 3.63) is 35.1 Å². The Morgan fingerprint density at radius 1 is 1.41 bits per heavy atom. The second kappa shape index (κ2) is 4.39. The van der Waals surface area contributed by atoms with Crippen molar-refractivity contribution in [3.63, 3.8) is 0 Å². The fourth-order valence-electron chi connectivity index (χ4n) is 2.41. The molecule has 1 aliphatic carbocycles. The number of aliphatic hydroxyl groups is 1. The molecular formula is C14H20FNO. The fourth-order valence-corrected chi connectivity index (χ4v) is 2.41. The summed E-state index contributed by atoms with van der Waals surface area (Å²) in [4.78, 5) is 1.98. The van der Waals surface area contributed by atoms with Gasteiger partial charge in [-0.05, 0) is 57.0 Å². The van der Waals surface area contributed by atoms with Crippen LogP contribution in [-0.4, -0.2) is 30.6 Å². The molecule has 2 nitrogen and oxygen atoms in total. The molecule has 0 aromatic heterocycles. The number of aryl methyl sites for hydroxylation is 1. The molecule has 0 saturated heterocycles. The summed E-state index contributed by atoms with van der Waals surface area (Å²) in [6.45, 7) is 2.32. The van der Waals surface area contributed by atoms with Crippen molar-refractivity contribution in [2.45, 2.75) is 25.4 Å². The summed E-state index contributed by atoms with van der Waals surface area (Å²) in [7, 11) is 3.90. The molecule has 3 heteroatoms. The molecule has 1 fully saturated rings. The van der Waals surface area contributed by atoms with Gasteiger partial charge < -0.3 is 10.0 Å². The number of nitrogens with zero attached hydrogens (tertiary/aromatic N) is 1. The molecule has 1 N–H and O–H groups in total. The first-order valence-electron chi connectivity index (χ1n) is 6.07. The van der Waals surface area contributed by atoms with Gasteiger partial charge in [0.1, 0.15) is 11.4 Å². The largest absolute Gasteiger partial charge is 0.384 e. The molecule has 0 heterocycles. The molecule has 1 aromatic carbocycles. The zero-order valence-corrected chi connectivity index (χ0v) is 10.7. The van der Waals surface area contributed by atoms with Crippen molar-refractivity contribution in [1.29, 1.82) is 0 Å². The first kappa shape index (κ1) is 12.5. The number of hydrogen-bond acceptors (Lipinski definition) is 2. The Morgan fingerprint density at radius 3 is 2.53 bits per heavy atom. The number of rotatable bonds is 4. The predicted molar refractivity (Wildman–Crippen MR) is 66.3 cm³/mol. The van der Waals surface area contributed by atoms with Gasteiger partial charge in [0.25, 0.3) is 0 Å². The molecule has 0 aliphatic heterocycles. The highest BCUT2D eigenvalue weighted by atomic mass is 19.1.